The fourth-order valence-electron chi connectivity index (χ4n) is 2.80. The van der Waals surface area contributed by atoms with Crippen molar-refractivity contribution in [3.63, 3.8) is 0 Å². The van der Waals surface area contributed by atoms with E-state index in [-0.39, 0.29) is 30.0 Å². The van der Waals surface area contributed by atoms with Crippen LogP contribution in [0.4, 0.5) is 4.39 Å². The zero-order valence-electron chi connectivity index (χ0n) is 15.3. The molecule has 1 unspecified atom stereocenters. The lowest BCUT2D eigenvalue weighted by Gasteiger charge is -2.15. The molecule has 0 saturated carbocycles. The molecule has 27 heavy (non-hydrogen) atoms. The lowest BCUT2D eigenvalue weighted by Crippen LogP contribution is -2.38. The van der Waals surface area contributed by atoms with Crippen LogP contribution in [0.5, 0.6) is 0 Å². The van der Waals surface area contributed by atoms with Crippen molar-refractivity contribution < 1.29 is 14.0 Å². The molecule has 0 aliphatic carbocycles. The Balaban J connectivity index is 1.71. The molecule has 0 bridgehead atoms. The molecule has 0 fully saturated rings. The van der Waals surface area contributed by atoms with Gasteiger partial charge in [-0.25, -0.2) is 4.39 Å². The molecule has 0 aromatic heterocycles. The Bertz CT molecular complexity index is 782. The predicted molar refractivity (Wildman–Crippen MR) is 108 cm³/mol. The Morgan fingerprint density at radius 2 is 1.74 bits per heavy atom. The smallest absolute Gasteiger partial charge is 0.224 e. The molecule has 0 radical (unpaired) electrons. The minimum absolute atomic E-state index is 0.0168. The van der Waals surface area contributed by atoms with E-state index in [9.17, 15) is 14.0 Å². The molecule has 2 aromatic rings. The molecular formula is C21H24BrFN2O2. The normalized spacial score (nSPS) is 11.7. The molecule has 2 aromatic carbocycles. The number of hydrogen-bond acceptors (Lipinski definition) is 2. The zero-order valence-corrected chi connectivity index (χ0v) is 16.9. The second-order valence-corrected chi connectivity index (χ2v) is 7.30. The van der Waals surface area contributed by atoms with E-state index in [0.29, 0.717) is 25.1 Å². The Kier molecular flexibility index (Phi) is 8.45. The highest BCUT2D eigenvalue weighted by Crippen LogP contribution is 2.17. The standard InChI is InChI=1S/C21H24BrFN2O2/c1-2-17(11-15-5-3-7-18(22)12-15)21(27)25-10-9-24-20(26)14-16-6-4-8-19(23)13-16/h3-8,12-13,17H,2,9-11,14H2,1H3,(H,24,26)(H,25,27). The number of amides is 2. The van der Waals surface area contributed by atoms with Crippen molar-refractivity contribution in [3.8, 4) is 0 Å². The van der Waals surface area contributed by atoms with Gasteiger partial charge in [0.25, 0.3) is 0 Å². The maximum Gasteiger partial charge on any atom is 0.224 e. The summed E-state index contributed by atoms with van der Waals surface area (Å²) in [6.07, 6.45) is 1.53. The highest BCUT2D eigenvalue weighted by atomic mass is 79.9. The quantitative estimate of drug-likeness (QED) is 0.591. The van der Waals surface area contributed by atoms with E-state index in [2.05, 4.69) is 26.6 Å². The largest absolute Gasteiger partial charge is 0.354 e. The summed E-state index contributed by atoms with van der Waals surface area (Å²) in [5, 5.41) is 5.61. The van der Waals surface area contributed by atoms with Gasteiger partial charge >= 0.3 is 0 Å². The predicted octanol–water partition coefficient (Wildman–Crippen LogP) is 3.63. The number of halogens is 2. The molecule has 2 rings (SSSR count). The second-order valence-electron chi connectivity index (χ2n) is 6.39. The van der Waals surface area contributed by atoms with Crippen molar-refractivity contribution >= 4 is 27.7 Å². The SMILES string of the molecule is CCC(Cc1cccc(Br)c1)C(=O)NCCNC(=O)Cc1cccc(F)c1. The Morgan fingerprint density at radius 3 is 2.44 bits per heavy atom. The van der Waals surface area contributed by atoms with E-state index in [1.807, 2.05) is 31.2 Å². The van der Waals surface area contributed by atoms with E-state index < -0.39 is 0 Å². The first-order valence-corrected chi connectivity index (χ1v) is 9.80. The molecule has 1 atom stereocenters. The first kappa shape index (κ1) is 21.1. The maximum atomic E-state index is 13.1. The number of rotatable bonds is 9. The van der Waals surface area contributed by atoms with Gasteiger partial charge in [-0.2, -0.15) is 0 Å². The van der Waals surface area contributed by atoms with E-state index in [4.69, 9.17) is 0 Å². The molecule has 144 valence electrons. The van der Waals surface area contributed by atoms with Crippen LogP contribution in [-0.4, -0.2) is 24.9 Å². The van der Waals surface area contributed by atoms with E-state index >= 15 is 0 Å². The van der Waals surface area contributed by atoms with Crippen molar-refractivity contribution in [2.24, 2.45) is 5.92 Å². The Hall–Kier alpha value is -2.21. The molecule has 0 heterocycles. The van der Waals surface area contributed by atoms with Gasteiger partial charge in [0.2, 0.25) is 11.8 Å². The number of carbonyl (C=O) groups is 2. The fraction of sp³-hybridized carbons (Fsp3) is 0.333. The third kappa shape index (κ3) is 7.51. The van der Waals surface area contributed by atoms with Crippen molar-refractivity contribution in [1.82, 2.24) is 10.6 Å². The van der Waals surface area contributed by atoms with E-state index in [1.54, 1.807) is 12.1 Å². The van der Waals surface area contributed by atoms with Gasteiger partial charge < -0.3 is 10.6 Å². The zero-order chi connectivity index (χ0) is 19.6. The molecule has 0 aliphatic heterocycles. The molecule has 0 spiro atoms. The summed E-state index contributed by atoms with van der Waals surface area (Å²) < 4.78 is 14.1. The van der Waals surface area contributed by atoms with Gasteiger partial charge in [-0.1, -0.05) is 47.1 Å². The second kappa shape index (κ2) is 10.8. The summed E-state index contributed by atoms with van der Waals surface area (Å²) in [6, 6.07) is 13.9. The average Bonchev–Trinajstić information content (AvgIpc) is 2.63. The van der Waals surface area contributed by atoms with Gasteiger partial charge in [0, 0.05) is 23.5 Å². The van der Waals surface area contributed by atoms with Crippen molar-refractivity contribution in [2.45, 2.75) is 26.2 Å². The minimum Gasteiger partial charge on any atom is -0.354 e. The number of carbonyl (C=O) groups excluding carboxylic acids is 2. The molecule has 6 heteroatoms. The molecule has 2 N–H and O–H groups in total. The lowest BCUT2D eigenvalue weighted by atomic mass is 9.96. The molecular weight excluding hydrogens is 411 g/mol. The van der Waals surface area contributed by atoms with Crippen LogP contribution in [0, 0.1) is 11.7 Å². The number of hydrogen-bond donors (Lipinski definition) is 2. The average molecular weight is 435 g/mol. The summed E-state index contributed by atoms with van der Waals surface area (Å²) in [6.45, 7) is 2.69. The van der Waals surface area contributed by atoms with Gasteiger partial charge in [0.15, 0.2) is 0 Å². The highest BCUT2D eigenvalue weighted by molar-refractivity contribution is 9.10. The van der Waals surface area contributed by atoms with Crippen molar-refractivity contribution in [2.75, 3.05) is 13.1 Å². The third-order valence-corrected chi connectivity index (χ3v) is 4.73. The van der Waals surface area contributed by atoms with Crippen LogP contribution in [0.2, 0.25) is 0 Å². The van der Waals surface area contributed by atoms with Gasteiger partial charge in [-0.3, -0.25) is 9.59 Å². The first-order chi connectivity index (χ1) is 13.0. The summed E-state index contributed by atoms with van der Waals surface area (Å²) >= 11 is 3.44. The number of nitrogens with one attached hydrogen (secondary N) is 2. The van der Waals surface area contributed by atoms with Gasteiger partial charge in [0.05, 0.1) is 6.42 Å². The van der Waals surface area contributed by atoms with Crippen LogP contribution < -0.4 is 10.6 Å². The van der Waals surface area contributed by atoms with Crippen LogP contribution in [0.3, 0.4) is 0 Å². The lowest BCUT2D eigenvalue weighted by molar-refractivity contribution is -0.125. The number of benzene rings is 2. The van der Waals surface area contributed by atoms with Crippen molar-refractivity contribution in [3.05, 3.63) is 69.9 Å². The molecule has 2 amide bonds. The van der Waals surface area contributed by atoms with Crippen molar-refractivity contribution in [1.29, 1.82) is 0 Å². The summed E-state index contributed by atoms with van der Waals surface area (Å²) in [5.41, 5.74) is 1.73. The highest BCUT2D eigenvalue weighted by Gasteiger charge is 2.16. The van der Waals surface area contributed by atoms with Gasteiger partial charge in [0.1, 0.15) is 5.82 Å². The monoisotopic (exact) mass is 434 g/mol. The van der Waals surface area contributed by atoms with Crippen LogP contribution in [0.15, 0.2) is 53.0 Å². The summed E-state index contributed by atoms with van der Waals surface area (Å²) in [5.74, 6) is -0.682. The minimum atomic E-state index is -0.358. The van der Waals surface area contributed by atoms with Gasteiger partial charge in [-0.15, -0.1) is 0 Å². The molecule has 0 saturated heterocycles. The summed E-state index contributed by atoms with van der Waals surface area (Å²) in [4.78, 5) is 24.2. The molecule has 4 nitrogen and oxygen atoms in total. The molecule has 0 aliphatic rings. The van der Waals surface area contributed by atoms with Crippen LogP contribution in [0.1, 0.15) is 24.5 Å². The topological polar surface area (TPSA) is 58.2 Å². The van der Waals surface area contributed by atoms with E-state index in [1.165, 1.54) is 12.1 Å². The van der Waals surface area contributed by atoms with Crippen LogP contribution in [-0.2, 0) is 22.4 Å². The maximum absolute atomic E-state index is 13.1. The third-order valence-electron chi connectivity index (χ3n) is 4.23. The van der Waals surface area contributed by atoms with E-state index in [0.717, 1.165) is 16.5 Å². The Labute approximate surface area is 167 Å². The fourth-order valence-corrected chi connectivity index (χ4v) is 3.24. The van der Waals surface area contributed by atoms with Gasteiger partial charge in [-0.05, 0) is 48.2 Å². The summed E-state index contributed by atoms with van der Waals surface area (Å²) in [7, 11) is 0. The van der Waals surface area contributed by atoms with Crippen LogP contribution in [0.25, 0.3) is 0 Å². The van der Waals surface area contributed by atoms with Crippen LogP contribution >= 0.6 is 15.9 Å². The Morgan fingerprint density at radius 1 is 1.04 bits per heavy atom. The first-order valence-electron chi connectivity index (χ1n) is 9.01.